The summed E-state index contributed by atoms with van der Waals surface area (Å²) >= 11 is 0. The van der Waals surface area contributed by atoms with Crippen LogP contribution in [0.1, 0.15) is 47.8 Å². The van der Waals surface area contributed by atoms with Crippen molar-refractivity contribution in [1.29, 1.82) is 10.5 Å². The van der Waals surface area contributed by atoms with E-state index >= 15 is 0 Å². The van der Waals surface area contributed by atoms with E-state index < -0.39 is 0 Å². The average molecular weight is 510 g/mol. The maximum absolute atomic E-state index is 13.3. The number of oxazole rings is 1. The van der Waals surface area contributed by atoms with E-state index in [9.17, 15) is 15.3 Å². The van der Waals surface area contributed by atoms with Crippen molar-refractivity contribution in [1.82, 2.24) is 9.55 Å². The van der Waals surface area contributed by atoms with Crippen LogP contribution in [0.3, 0.4) is 0 Å². The Labute approximate surface area is 219 Å². The van der Waals surface area contributed by atoms with E-state index in [1.54, 1.807) is 19.2 Å². The number of hydrogen-bond acceptors (Lipinski definition) is 8. The molecule has 0 amide bonds. The lowest BCUT2D eigenvalue weighted by molar-refractivity contribution is 0.141. The van der Waals surface area contributed by atoms with Gasteiger partial charge >= 0.3 is 0 Å². The molecule has 0 saturated carbocycles. The molecule has 2 aliphatic rings. The summed E-state index contributed by atoms with van der Waals surface area (Å²) in [5, 5.41) is 20.6. The van der Waals surface area contributed by atoms with Crippen LogP contribution in [0.4, 0.5) is 5.69 Å². The van der Waals surface area contributed by atoms with E-state index in [-0.39, 0.29) is 23.1 Å². The summed E-state index contributed by atoms with van der Waals surface area (Å²) in [6.45, 7) is 4.36. The maximum atomic E-state index is 13.3. The minimum Gasteiger partial charge on any atom is -0.486 e. The Morgan fingerprint density at radius 2 is 1.92 bits per heavy atom. The monoisotopic (exact) mass is 509 g/mol. The van der Waals surface area contributed by atoms with Gasteiger partial charge in [0.1, 0.15) is 35.1 Å². The van der Waals surface area contributed by atoms with Crippen molar-refractivity contribution in [3.8, 4) is 17.9 Å². The highest BCUT2D eigenvalue weighted by Gasteiger charge is 2.29. The lowest BCUT2D eigenvalue weighted by Gasteiger charge is -2.34. The minimum atomic E-state index is -0.369. The number of pyridine rings is 1. The summed E-state index contributed by atoms with van der Waals surface area (Å²) in [7, 11) is 1.64. The molecule has 2 aromatic heterocycles. The van der Waals surface area contributed by atoms with Crippen LogP contribution >= 0.6 is 0 Å². The largest absolute Gasteiger partial charge is 0.486 e. The Hall–Kier alpha value is -4.34. The third-order valence-corrected chi connectivity index (χ3v) is 7.60. The first kappa shape index (κ1) is 24.0. The van der Waals surface area contributed by atoms with E-state index in [0.717, 1.165) is 41.8 Å². The zero-order valence-electron chi connectivity index (χ0n) is 21.4. The molecule has 2 fully saturated rings. The van der Waals surface area contributed by atoms with E-state index in [1.165, 1.54) is 4.57 Å². The van der Waals surface area contributed by atoms with Gasteiger partial charge in [-0.25, -0.2) is 4.98 Å². The summed E-state index contributed by atoms with van der Waals surface area (Å²) in [5.74, 6) is 1.29. The molecule has 1 unspecified atom stereocenters. The Kier molecular flexibility index (Phi) is 6.01. The molecule has 38 heavy (non-hydrogen) atoms. The fourth-order valence-corrected chi connectivity index (χ4v) is 5.53. The molecule has 192 valence electrons. The first-order valence-corrected chi connectivity index (χ1v) is 12.8. The molecule has 2 aromatic carbocycles. The number of aryl methyl sites for hydroxylation is 2. The van der Waals surface area contributed by atoms with Crippen molar-refractivity contribution in [2.24, 2.45) is 7.05 Å². The predicted octanol–water partition coefficient (Wildman–Crippen LogP) is 4.28. The number of benzene rings is 2. The summed E-state index contributed by atoms with van der Waals surface area (Å²) < 4.78 is 19.0. The van der Waals surface area contributed by atoms with Gasteiger partial charge in [-0.3, -0.25) is 4.79 Å². The van der Waals surface area contributed by atoms with Crippen LogP contribution in [-0.2, 0) is 11.8 Å². The highest BCUT2D eigenvalue weighted by molar-refractivity contribution is 5.97. The van der Waals surface area contributed by atoms with Gasteiger partial charge in [-0.05, 0) is 43.5 Å². The molecule has 9 nitrogen and oxygen atoms in total. The zero-order valence-corrected chi connectivity index (χ0v) is 21.4. The molecule has 4 heterocycles. The third-order valence-electron chi connectivity index (χ3n) is 7.60. The van der Waals surface area contributed by atoms with E-state index in [4.69, 9.17) is 18.9 Å². The SMILES string of the molecule is Cc1ccc2oc(C3CCN(c4c(C#N)c(=O)n(C)c5cc(OC6CCOC6)c(C#N)cc45)CC3)nc2c1. The second kappa shape index (κ2) is 9.51. The molecule has 0 bridgehead atoms. The highest BCUT2D eigenvalue weighted by atomic mass is 16.5. The minimum absolute atomic E-state index is 0.0811. The van der Waals surface area contributed by atoms with Gasteiger partial charge in [-0.15, -0.1) is 0 Å². The number of aromatic nitrogens is 2. The standard InChI is InChI=1S/C29H27N5O4/c1-17-3-4-25-23(11-17)32-28(38-25)18-5-8-34(9-6-18)27-21-12-19(14-30)26(37-20-7-10-36-16-20)13-24(21)33(2)29(35)22(27)15-31/h3-4,11-13,18,20H,5-10,16H2,1-2H3. The van der Waals surface area contributed by atoms with Crippen molar-refractivity contribution < 1.29 is 13.9 Å². The fraction of sp³-hybridized carbons (Fsp3) is 0.379. The van der Waals surface area contributed by atoms with Crippen LogP contribution in [-0.4, -0.2) is 42.0 Å². The molecule has 0 aliphatic carbocycles. The van der Waals surface area contributed by atoms with Crippen LogP contribution in [0.25, 0.3) is 22.0 Å². The molecule has 9 heteroatoms. The van der Waals surface area contributed by atoms with Crippen molar-refractivity contribution in [2.45, 2.75) is 38.2 Å². The van der Waals surface area contributed by atoms with Crippen LogP contribution < -0.4 is 15.2 Å². The Morgan fingerprint density at radius 1 is 1.11 bits per heavy atom. The van der Waals surface area contributed by atoms with Gasteiger partial charge in [0.15, 0.2) is 11.5 Å². The second-order valence-corrected chi connectivity index (χ2v) is 10.1. The van der Waals surface area contributed by atoms with Gasteiger partial charge in [0, 0.05) is 43.9 Å². The van der Waals surface area contributed by atoms with E-state index in [1.807, 2.05) is 25.1 Å². The van der Waals surface area contributed by atoms with Crippen molar-refractivity contribution in [3.63, 3.8) is 0 Å². The second-order valence-electron chi connectivity index (χ2n) is 10.1. The van der Waals surface area contributed by atoms with Gasteiger partial charge in [0.25, 0.3) is 5.56 Å². The normalized spacial score (nSPS) is 18.1. The van der Waals surface area contributed by atoms with Gasteiger partial charge in [-0.1, -0.05) is 6.07 Å². The molecule has 4 aromatic rings. The number of fused-ring (bicyclic) bond motifs is 2. The molecule has 0 radical (unpaired) electrons. The van der Waals surface area contributed by atoms with Crippen LogP contribution in [0, 0.1) is 29.6 Å². The summed E-state index contributed by atoms with van der Waals surface area (Å²) in [6, 6.07) is 13.8. The fourth-order valence-electron chi connectivity index (χ4n) is 5.53. The molecule has 2 saturated heterocycles. The van der Waals surface area contributed by atoms with Crippen LogP contribution in [0.15, 0.2) is 39.5 Å². The number of anilines is 1. The van der Waals surface area contributed by atoms with Gasteiger partial charge in [-0.2, -0.15) is 10.5 Å². The lowest BCUT2D eigenvalue weighted by Crippen LogP contribution is -2.36. The summed E-state index contributed by atoms with van der Waals surface area (Å²) in [4.78, 5) is 20.1. The summed E-state index contributed by atoms with van der Waals surface area (Å²) in [5.41, 5.74) is 4.05. The number of hydrogen-bond donors (Lipinski definition) is 0. The number of nitriles is 2. The number of ether oxygens (including phenoxy) is 2. The van der Waals surface area contributed by atoms with Crippen LogP contribution in [0.2, 0.25) is 0 Å². The highest BCUT2D eigenvalue weighted by Crippen LogP contribution is 2.38. The van der Waals surface area contributed by atoms with Crippen molar-refractivity contribution in [2.75, 3.05) is 31.2 Å². The van der Waals surface area contributed by atoms with Crippen LogP contribution in [0.5, 0.6) is 5.75 Å². The molecule has 0 N–H and O–H groups in total. The Bertz CT molecular complexity index is 1690. The number of nitrogens with zero attached hydrogens (tertiary/aromatic N) is 5. The van der Waals surface area contributed by atoms with Crippen molar-refractivity contribution >= 4 is 27.7 Å². The predicted molar refractivity (Wildman–Crippen MR) is 141 cm³/mol. The van der Waals surface area contributed by atoms with Gasteiger partial charge in [0.05, 0.1) is 30.0 Å². The molecule has 1 atom stereocenters. The first-order valence-electron chi connectivity index (χ1n) is 12.8. The molecule has 6 rings (SSSR count). The average Bonchev–Trinajstić information content (AvgIpc) is 3.60. The lowest BCUT2D eigenvalue weighted by atomic mass is 9.95. The van der Waals surface area contributed by atoms with Gasteiger partial charge < -0.3 is 23.4 Å². The van der Waals surface area contributed by atoms with E-state index in [0.29, 0.717) is 54.2 Å². The van der Waals surface area contributed by atoms with Crippen molar-refractivity contribution in [3.05, 3.63) is 63.3 Å². The van der Waals surface area contributed by atoms with Gasteiger partial charge in [0.2, 0.25) is 0 Å². The molecule has 2 aliphatic heterocycles. The summed E-state index contributed by atoms with van der Waals surface area (Å²) in [6.07, 6.45) is 2.14. The Balaban J connectivity index is 1.36. The molecular formula is C29H27N5O4. The van der Waals surface area contributed by atoms with E-state index in [2.05, 4.69) is 17.0 Å². The quantitative estimate of drug-likeness (QED) is 0.400. The zero-order chi connectivity index (χ0) is 26.4. The first-order chi connectivity index (χ1) is 18.5. The molecular weight excluding hydrogens is 482 g/mol. The smallest absolute Gasteiger partial charge is 0.270 e. The third kappa shape index (κ3) is 4.06. The number of piperidine rings is 1. The Morgan fingerprint density at radius 3 is 2.63 bits per heavy atom. The maximum Gasteiger partial charge on any atom is 0.270 e. The topological polar surface area (TPSA) is 117 Å². The number of rotatable bonds is 4. The molecule has 0 spiro atoms.